The van der Waals surface area contributed by atoms with Crippen molar-refractivity contribution in [3.8, 4) is 0 Å². The van der Waals surface area contributed by atoms with Gasteiger partial charge in [-0.3, -0.25) is 10.5 Å². The summed E-state index contributed by atoms with van der Waals surface area (Å²) in [4.78, 5) is 11.3. The van der Waals surface area contributed by atoms with E-state index >= 15 is 0 Å². The summed E-state index contributed by atoms with van der Waals surface area (Å²) in [6.45, 7) is 6.73. The van der Waals surface area contributed by atoms with Gasteiger partial charge in [0, 0.05) is 0 Å². The van der Waals surface area contributed by atoms with Crippen LogP contribution in [0.15, 0.2) is 0 Å². The van der Waals surface area contributed by atoms with E-state index in [4.69, 9.17) is 5.73 Å². The first-order valence-corrected chi connectivity index (χ1v) is 9.75. The number of hydrogen-bond acceptors (Lipinski definition) is 3. The van der Waals surface area contributed by atoms with Gasteiger partial charge in [0.15, 0.2) is 9.84 Å². The van der Waals surface area contributed by atoms with Gasteiger partial charge in [-0.2, -0.15) is 0 Å². The Hall–Kier alpha value is -0.580. The van der Waals surface area contributed by atoms with Crippen molar-refractivity contribution in [2.24, 2.45) is 0 Å². The van der Waals surface area contributed by atoms with Gasteiger partial charge in [-0.15, -0.1) is 0 Å². The molecule has 5 heteroatoms. The van der Waals surface area contributed by atoms with Crippen molar-refractivity contribution in [3.63, 3.8) is 0 Å². The van der Waals surface area contributed by atoms with Gasteiger partial charge in [-0.1, -0.05) is 58.8 Å². The highest BCUT2D eigenvalue weighted by atomic mass is 32.2. The monoisotopic (exact) mass is 318 g/mol. The van der Waals surface area contributed by atoms with Crippen LogP contribution in [0.2, 0.25) is 0 Å². The number of sulfone groups is 1. The zero-order valence-corrected chi connectivity index (χ0v) is 14.9. The molecule has 0 heterocycles. The van der Waals surface area contributed by atoms with Crippen LogP contribution in [0.1, 0.15) is 85.5 Å². The minimum Gasteiger partial charge on any atom is -0.271 e. The van der Waals surface area contributed by atoms with Crippen molar-refractivity contribution in [1.29, 1.82) is 0 Å². The molecule has 0 aromatic carbocycles. The van der Waals surface area contributed by atoms with Crippen LogP contribution >= 0.6 is 0 Å². The largest absolute Gasteiger partial charge is 0.271 e. The first kappa shape index (κ1) is 20.4. The van der Waals surface area contributed by atoms with Gasteiger partial charge in [0.2, 0.25) is 0 Å². The molecule has 0 aromatic heterocycles. The van der Waals surface area contributed by atoms with Crippen LogP contribution in [0.25, 0.3) is 0 Å². The third-order valence-corrected chi connectivity index (χ3v) is 7.34. The number of hydrogen-bond donors (Lipinski definition) is 0. The van der Waals surface area contributed by atoms with Crippen molar-refractivity contribution in [2.75, 3.05) is 0 Å². The molecule has 0 aliphatic carbocycles. The molecule has 1 atom stereocenters. The lowest BCUT2D eigenvalue weighted by Crippen LogP contribution is -2.46. The van der Waals surface area contributed by atoms with Crippen molar-refractivity contribution < 1.29 is 13.2 Å². The molecule has 0 fully saturated rings. The van der Waals surface area contributed by atoms with Gasteiger partial charge < -0.3 is 0 Å². The molecule has 125 valence electrons. The van der Waals surface area contributed by atoms with Gasteiger partial charge in [0.25, 0.3) is 5.91 Å². The normalized spacial score (nSPS) is 14.1. The molecule has 4 nitrogen and oxygen atoms in total. The lowest BCUT2D eigenvalue weighted by atomic mass is 10.1. The van der Waals surface area contributed by atoms with E-state index in [1.165, 1.54) is 39.5 Å². The van der Waals surface area contributed by atoms with E-state index in [1.807, 2.05) is 6.92 Å². The quantitative estimate of drug-likeness (QED) is 0.512. The third-order valence-electron chi connectivity index (χ3n) is 4.28. The van der Waals surface area contributed by atoms with Crippen molar-refractivity contribution >= 4 is 15.7 Å². The van der Waals surface area contributed by atoms with Crippen molar-refractivity contribution in [3.05, 3.63) is 0 Å². The van der Waals surface area contributed by atoms with Crippen LogP contribution in [-0.2, 0) is 14.6 Å². The van der Waals surface area contributed by atoms with Crippen LogP contribution in [0, 0.1) is 0 Å². The number of rotatable bonds is 12. The molecule has 0 rings (SSSR count). The SMILES string of the molecule is CCCCCCCCCC(CC)S(=O)(=O)C(C)(C)C([NH])=O. The van der Waals surface area contributed by atoms with Crippen LogP contribution in [0.5, 0.6) is 0 Å². The molecule has 1 N–H and O–H groups in total. The fourth-order valence-electron chi connectivity index (χ4n) is 2.45. The van der Waals surface area contributed by atoms with Gasteiger partial charge in [-0.25, -0.2) is 8.42 Å². The number of amides is 1. The maximum Gasteiger partial charge on any atom is 0.259 e. The van der Waals surface area contributed by atoms with Crippen LogP contribution in [0.3, 0.4) is 0 Å². The standard InChI is InChI=1S/C16H32NO3S/c1-5-7-8-9-10-11-12-13-14(6-2)21(19,20)16(3,4)15(17)18/h14,17H,5-13H2,1-4H3. The van der Waals surface area contributed by atoms with Gasteiger partial charge in [0.05, 0.1) is 5.25 Å². The average Bonchev–Trinajstić information content (AvgIpc) is 2.41. The zero-order valence-electron chi connectivity index (χ0n) is 14.1. The van der Waals surface area contributed by atoms with Gasteiger partial charge >= 0.3 is 0 Å². The minimum atomic E-state index is -3.59. The Labute approximate surface area is 130 Å². The lowest BCUT2D eigenvalue weighted by Gasteiger charge is -2.26. The minimum absolute atomic E-state index is 0.502. The molecule has 0 spiro atoms. The summed E-state index contributed by atoms with van der Waals surface area (Å²) < 4.78 is 23.4. The summed E-state index contributed by atoms with van der Waals surface area (Å²) in [5, 5.41) is -0.502. The Morgan fingerprint density at radius 2 is 1.48 bits per heavy atom. The smallest absolute Gasteiger partial charge is 0.259 e. The second-order valence-electron chi connectivity index (χ2n) is 6.32. The van der Waals surface area contributed by atoms with Crippen LogP contribution in [0.4, 0.5) is 0 Å². The Bertz CT molecular complexity index is 402. The molecule has 0 aromatic rings. The predicted molar refractivity (Wildman–Crippen MR) is 87.8 cm³/mol. The molecule has 1 unspecified atom stereocenters. The van der Waals surface area contributed by atoms with Gasteiger partial charge in [0.1, 0.15) is 4.75 Å². The Kier molecular flexibility index (Phi) is 9.18. The first-order chi connectivity index (χ1) is 9.71. The molecular weight excluding hydrogens is 286 g/mol. The van der Waals surface area contributed by atoms with E-state index < -0.39 is 25.7 Å². The Morgan fingerprint density at radius 1 is 1.00 bits per heavy atom. The topological polar surface area (TPSA) is 75.0 Å². The van der Waals surface area contributed by atoms with Crippen molar-refractivity contribution in [1.82, 2.24) is 5.73 Å². The Morgan fingerprint density at radius 3 is 1.90 bits per heavy atom. The summed E-state index contributed by atoms with van der Waals surface area (Å²) in [6, 6.07) is 0. The summed E-state index contributed by atoms with van der Waals surface area (Å²) in [7, 11) is -3.59. The van der Waals surface area contributed by atoms with E-state index in [9.17, 15) is 13.2 Å². The maximum atomic E-state index is 12.5. The van der Waals surface area contributed by atoms with Gasteiger partial charge in [-0.05, 0) is 26.7 Å². The first-order valence-electron chi connectivity index (χ1n) is 8.21. The van der Waals surface area contributed by atoms with Crippen molar-refractivity contribution in [2.45, 2.75) is 95.5 Å². The van der Waals surface area contributed by atoms with E-state index in [-0.39, 0.29) is 0 Å². The molecule has 1 radical (unpaired) electrons. The third kappa shape index (κ3) is 5.97. The second kappa shape index (κ2) is 9.44. The molecule has 1 amide bonds. The van der Waals surface area contributed by atoms with E-state index in [2.05, 4.69) is 6.92 Å². The van der Waals surface area contributed by atoms with Crippen LogP contribution in [-0.4, -0.2) is 24.3 Å². The highest BCUT2D eigenvalue weighted by molar-refractivity contribution is 7.94. The fraction of sp³-hybridized carbons (Fsp3) is 0.938. The van der Waals surface area contributed by atoms with Crippen LogP contribution < -0.4 is 5.73 Å². The predicted octanol–water partition coefficient (Wildman–Crippen LogP) is 3.91. The number of unbranched alkanes of at least 4 members (excludes halogenated alkanes) is 6. The highest BCUT2D eigenvalue weighted by Gasteiger charge is 2.44. The maximum absolute atomic E-state index is 12.5. The lowest BCUT2D eigenvalue weighted by molar-refractivity contribution is -0.120. The molecule has 0 aliphatic heterocycles. The number of nitrogens with one attached hydrogen (secondary N) is 1. The van der Waals surface area contributed by atoms with E-state index in [0.717, 1.165) is 19.3 Å². The number of carbonyl (C=O) groups excluding carboxylic acids is 1. The molecular formula is C16H32NO3S. The Balaban J connectivity index is 4.36. The molecule has 0 saturated carbocycles. The van der Waals surface area contributed by atoms with E-state index in [1.54, 1.807) is 0 Å². The molecule has 0 saturated heterocycles. The summed E-state index contributed by atoms with van der Waals surface area (Å²) in [6.07, 6.45) is 9.16. The summed E-state index contributed by atoms with van der Waals surface area (Å²) in [5.41, 5.74) is 7.19. The van der Waals surface area contributed by atoms with E-state index in [0.29, 0.717) is 12.8 Å². The summed E-state index contributed by atoms with van der Waals surface area (Å²) >= 11 is 0. The highest BCUT2D eigenvalue weighted by Crippen LogP contribution is 2.27. The summed E-state index contributed by atoms with van der Waals surface area (Å²) in [5.74, 6) is -1.01. The molecule has 0 bridgehead atoms. The second-order valence-corrected chi connectivity index (χ2v) is 9.10. The fourth-order valence-corrected chi connectivity index (χ4v) is 4.46. The molecule has 21 heavy (non-hydrogen) atoms. The average molecular weight is 319 g/mol. The number of carbonyl (C=O) groups is 1. The molecule has 0 aliphatic rings. The zero-order chi connectivity index (χ0) is 16.5.